The largest absolute Gasteiger partial charge is 0.497 e. The number of hydrogen-bond acceptors (Lipinski definition) is 5. The van der Waals surface area contributed by atoms with Crippen molar-refractivity contribution in [3.05, 3.63) is 47.8 Å². The van der Waals surface area contributed by atoms with Crippen LogP contribution in [0.5, 0.6) is 5.75 Å². The number of rotatable bonds is 3. The van der Waals surface area contributed by atoms with E-state index in [0.717, 1.165) is 6.07 Å². The molecule has 30 heavy (non-hydrogen) atoms. The zero-order chi connectivity index (χ0) is 21.5. The third-order valence-electron chi connectivity index (χ3n) is 4.86. The van der Waals surface area contributed by atoms with Crippen LogP contribution in [0.2, 0.25) is 0 Å². The van der Waals surface area contributed by atoms with Crippen LogP contribution in [-0.4, -0.2) is 51.4 Å². The summed E-state index contributed by atoms with van der Waals surface area (Å²) in [6, 6.07) is 8.53. The highest BCUT2D eigenvalue weighted by Gasteiger charge is 2.36. The molecule has 2 aromatic heterocycles. The maximum absolute atomic E-state index is 13.7. The van der Waals surface area contributed by atoms with Crippen LogP contribution in [0, 0.1) is 0 Å². The van der Waals surface area contributed by atoms with Crippen molar-refractivity contribution >= 4 is 17.3 Å². The number of alkyl halides is 3. The molecule has 1 aliphatic heterocycles. The van der Waals surface area contributed by atoms with E-state index in [1.165, 1.54) is 18.1 Å². The Balaban J connectivity index is 1.79. The SMILES string of the molecule is COc1ccc(-c2cc(C(F)(F)F)n3nc(C(=O)N4CCCC(=O)C4)cc3n2)cc1. The second-order valence-electron chi connectivity index (χ2n) is 6.92. The lowest BCUT2D eigenvalue weighted by atomic mass is 10.1. The Morgan fingerprint density at radius 3 is 2.53 bits per heavy atom. The van der Waals surface area contributed by atoms with Gasteiger partial charge < -0.3 is 9.64 Å². The number of piperidine rings is 1. The average Bonchev–Trinajstić information content (AvgIpc) is 3.16. The second-order valence-corrected chi connectivity index (χ2v) is 6.92. The number of halogens is 3. The molecule has 3 aromatic rings. The van der Waals surface area contributed by atoms with E-state index >= 15 is 0 Å². The van der Waals surface area contributed by atoms with Crippen LogP contribution in [0.3, 0.4) is 0 Å². The van der Waals surface area contributed by atoms with Gasteiger partial charge >= 0.3 is 6.18 Å². The van der Waals surface area contributed by atoms with Crippen molar-refractivity contribution in [1.29, 1.82) is 0 Å². The lowest BCUT2D eigenvalue weighted by molar-refractivity contribution is -0.142. The molecular formula is C20H17F3N4O3. The van der Waals surface area contributed by atoms with E-state index in [-0.39, 0.29) is 29.4 Å². The van der Waals surface area contributed by atoms with E-state index in [9.17, 15) is 22.8 Å². The van der Waals surface area contributed by atoms with E-state index in [0.29, 0.717) is 35.2 Å². The molecule has 1 aliphatic rings. The summed E-state index contributed by atoms with van der Waals surface area (Å²) in [4.78, 5) is 29.9. The Bertz CT molecular complexity index is 1120. The van der Waals surface area contributed by atoms with Crippen molar-refractivity contribution in [2.45, 2.75) is 19.0 Å². The summed E-state index contributed by atoms with van der Waals surface area (Å²) in [7, 11) is 1.49. The Morgan fingerprint density at radius 1 is 1.17 bits per heavy atom. The van der Waals surface area contributed by atoms with Gasteiger partial charge in [-0.2, -0.15) is 18.3 Å². The first-order chi connectivity index (χ1) is 14.3. The summed E-state index contributed by atoms with van der Waals surface area (Å²) >= 11 is 0. The van der Waals surface area contributed by atoms with Crippen LogP contribution >= 0.6 is 0 Å². The molecule has 0 spiro atoms. The first kappa shape index (κ1) is 19.9. The smallest absolute Gasteiger partial charge is 0.433 e. The second kappa shape index (κ2) is 7.43. The van der Waals surface area contributed by atoms with Crippen molar-refractivity contribution in [1.82, 2.24) is 19.5 Å². The number of carbonyl (C=O) groups excluding carboxylic acids is 2. The predicted molar refractivity (Wildman–Crippen MR) is 100 cm³/mol. The van der Waals surface area contributed by atoms with Crippen molar-refractivity contribution in [3.63, 3.8) is 0 Å². The van der Waals surface area contributed by atoms with Crippen LogP contribution in [-0.2, 0) is 11.0 Å². The first-order valence-electron chi connectivity index (χ1n) is 9.19. The fraction of sp³-hybridized carbons (Fsp3) is 0.300. The van der Waals surface area contributed by atoms with Gasteiger partial charge in [-0.3, -0.25) is 9.59 Å². The zero-order valence-electron chi connectivity index (χ0n) is 15.9. The monoisotopic (exact) mass is 418 g/mol. The van der Waals surface area contributed by atoms with Gasteiger partial charge in [0.15, 0.2) is 22.8 Å². The van der Waals surface area contributed by atoms with E-state index in [2.05, 4.69) is 10.1 Å². The van der Waals surface area contributed by atoms with Crippen LogP contribution in [0.1, 0.15) is 29.0 Å². The molecule has 1 amide bonds. The molecule has 3 heterocycles. The molecule has 1 fully saturated rings. The number of nitrogens with zero attached hydrogens (tertiary/aromatic N) is 4. The highest BCUT2D eigenvalue weighted by molar-refractivity contribution is 5.96. The quantitative estimate of drug-likeness (QED) is 0.653. The van der Waals surface area contributed by atoms with Gasteiger partial charge in [0, 0.05) is 24.6 Å². The number of ketones is 1. The van der Waals surface area contributed by atoms with Gasteiger partial charge in [0.25, 0.3) is 5.91 Å². The minimum atomic E-state index is -4.71. The van der Waals surface area contributed by atoms with Gasteiger partial charge in [-0.25, -0.2) is 9.50 Å². The van der Waals surface area contributed by atoms with Gasteiger partial charge in [0.05, 0.1) is 19.3 Å². The number of likely N-dealkylation sites (tertiary alicyclic amines) is 1. The summed E-state index contributed by atoms with van der Waals surface area (Å²) in [5.41, 5.74) is -0.798. The summed E-state index contributed by atoms with van der Waals surface area (Å²) in [6.07, 6.45) is -3.80. The maximum atomic E-state index is 13.7. The van der Waals surface area contributed by atoms with Crippen LogP contribution in [0.25, 0.3) is 16.9 Å². The molecule has 0 unspecified atom stereocenters. The number of fused-ring (bicyclic) bond motifs is 1. The van der Waals surface area contributed by atoms with Gasteiger partial charge in [-0.05, 0) is 36.8 Å². The summed E-state index contributed by atoms with van der Waals surface area (Å²) in [5.74, 6) is -0.119. The highest BCUT2D eigenvalue weighted by atomic mass is 19.4. The standard InChI is InChI=1S/C20H17F3N4O3/c1-30-14-6-4-12(5-7-14)15-9-17(20(21,22)23)27-18(24-15)10-16(25-27)19(29)26-8-2-3-13(28)11-26/h4-7,9-10H,2-3,8,11H2,1H3. The Kier molecular flexibility index (Phi) is 4.92. The summed E-state index contributed by atoms with van der Waals surface area (Å²) < 4.78 is 46.8. The van der Waals surface area contributed by atoms with Crippen LogP contribution in [0.15, 0.2) is 36.4 Å². The topological polar surface area (TPSA) is 76.8 Å². The van der Waals surface area contributed by atoms with E-state index < -0.39 is 17.8 Å². The van der Waals surface area contributed by atoms with Gasteiger partial charge in [-0.15, -0.1) is 0 Å². The lowest BCUT2D eigenvalue weighted by Crippen LogP contribution is -2.40. The molecule has 1 aromatic carbocycles. The molecule has 10 heteroatoms. The fourth-order valence-electron chi connectivity index (χ4n) is 3.36. The number of amides is 1. The number of aromatic nitrogens is 3. The number of Topliss-reactive ketones (excluding diaryl/α,β-unsaturated/α-hetero) is 1. The number of ether oxygens (including phenoxy) is 1. The van der Waals surface area contributed by atoms with Gasteiger partial charge in [0.2, 0.25) is 0 Å². The average molecular weight is 418 g/mol. The number of hydrogen-bond donors (Lipinski definition) is 0. The van der Waals surface area contributed by atoms with E-state index in [1.807, 2.05) is 0 Å². The van der Waals surface area contributed by atoms with Crippen molar-refractivity contribution in [2.75, 3.05) is 20.2 Å². The van der Waals surface area contributed by atoms with Crippen molar-refractivity contribution < 1.29 is 27.5 Å². The fourth-order valence-corrected chi connectivity index (χ4v) is 3.36. The van der Waals surface area contributed by atoms with Gasteiger partial charge in [0.1, 0.15) is 5.75 Å². The van der Waals surface area contributed by atoms with E-state index in [4.69, 9.17) is 4.74 Å². The van der Waals surface area contributed by atoms with Gasteiger partial charge in [-0.1, -0.05) is 0 Å². The number of carbonyl (C=O) groups is 2. The molecule has 0 atom stereocenters. The Labute approximate surface area is 169 Å². The third-order valence-corrected chi connectivity index (χ3v) is 4.86. The summed E-state index contributed by atoms with van der Waals surface area (Å²) in [5, 5.41) is 3.85. The third kappa shape index (κ3) is 3.72. The zero-order valence-corrected chi connectivity index (χ0v) is 15.9. The minimum absolute atomic E-state index is 0.0661. The lowest BCUT2D eigenvalue weighted by Gasteiger charge is -2.24. The molecule has 0 saturated carbocycles. The Morgan fingerprint density at radius 2 is 1.90 bits per heavy atom. The molecule has 0 radical (unpaired) electrons. The molecule has 1 saturated heterocycles. The Hall–Kier alpha value is -3.43. The minimum Gasteiger partial charge on any atom is -0.497 e. The maximum Gasteiger partial charge on any atom is 0.433 e. The highest BCUT2D eigenvalue weighted by Crippen LogP contribution is 2.33. The molecule has 0 aliphatic carbocycles. The number of methoxy groups -OCH3 is 1. The molecule has 156 valence electrons. The molecule has 0 N–H and O–H groups in total. The molecule has 0 bridgehead atoms. The summed E-state index contributed by atoms with van der Waals surface area (Å²) in [6.45, 7) is 0.290. The predicted octanol–water partition coefficient (Wildman–Crippen LogP) is 3.23. The molecule has 4 rings (SSSR count). The number of benzene rings is 1. The van der Waals surface area contributed by atoms with Crippen molar-refractivity contribution in [3.8, 4) is 17.0 Å². The van der Waals surface area contributed by atoms with Crippen LogP contribution in [0.4, 0.5) is 13.2 Å². The molecule has 7 nitrogen and oxygen atoms in total. The normalized spacial score (nSPS) is 14.9. The van der Waals surface area contributed by atoms with E-state index in [1.54, 1.807) is 24.3 Å². The first-order valence-corrected chi connectivity index (χ1v) is 9.19. The molecular weight excluding hydrogens is 401 g/mol. The van der Waals surface area contributed by atoms with Crippen LogP contribution < -0.4 is 4.74 Å². The van der Waals surface area contributed by atoms with Crippen molar-refractivity contribution in [2.24, 2.45) is 0 Å².